The Balaban J connectivity index is 0.000000330. The van der Waals surface area contributed by atoms with Crippen molar-refractivity contribution in [2.75, 3.05) is 35.4 Å². The van der Waals surface area contributed by atoms with E-state index in [4.69, 9.17) is 27.9 Å². The third kappa shape index (κ3) is 7.80. The Labute approximate surface area is 202 Å². The number of rotatable bonds is 9. The van der Waals surface area contributed by atoms with Crippen LogP contribution in [0, 0.1) is 0 Å². The minimum Gasteiger partial charge on any atom is -0.364 e. The van der Waals surface area contributed by atoms with Gasteiger partial charge in [0.2, 0.25) is 11.8 Å². The summed E-state index contributed by atoms with van der Waals surface area (Å²) in [5, 5.41) is 0. The van der Waals surface area contributed by atoms with Crippen molar-refractivity contribution in [3.63, 3.8) is 0 Å². The van der Waals surface area contributed by atoms with E-state index < -0.39 is 0 Å². The highest BCUT2D eigenvalue weighted by atomic mass is 35.5. The highest BCUT2D eigenvalue weighted by molar-refractivity contribution is 6.29. The van der Waals surface area contributed by atoms with Crippen LogP contribution in [0.3, 0.4) is 0 Å². The average molecular weight is 481 g/mol. The van der Waals surface area contributed by atoms with Crippen molar-refractivity contribution >= 4 is 46.4 Å². The molecule has 0 saturated heterocycles. The Morgan fingerprint density at radius 3 is 1.81 bits per heavy atom. The van der Waals surface area contributed by atoms with E-state index in [0.717, 1.165) is 35.3 Å². The van der Waals surface area contributed by atoms with Crippen LogP contribution >= 0.6 is 23.2 Å². The lowest BCUT2D eigenvalue weighted by Crippen LogP contribution is -2.37. The Hall–Kier alpha value is -2.08. The molecule has 7 heteroatoms. The molecular formula is C25H34Cl2N2O3. The number of aryl methyl sites for hydroxylation is 2. The molecule has 0 spiro atoms. The van der Waals surface area contributed by atoms with Gasteiger partial charge in [0.15, 0.2) is 0 Å². The van der Waals surface area contributed by atoms with Gasteiger partial charge < -0.3 is 9.64 Å². The van der Waals surface area contributed by atoms with Crippen LogP contribution < -0.4 is 9.80 Å². The predicted molar refractivity (Wildman–Crippen MR) is 135 cm³/mol. The number of amides is 2. The normalized spacial score (nSPS) is 10.4. The number of benzene rings is 2. The molecule has 2 rings (SSSR count). The lowest BCUT2D eigenvalue weighted by molar-refractivity contribution is -0.117. The molecular weight excluding hydrogens is 447 g/mol. The van der Waals surface area contributed by atoms with Gasteiger partial charge in [-0.15, -0.1) is 23.2 Å². The fourth-order valence-electron chi connectivity index (χ4n) is 3.41. The smallest absolute Gasteiger partial charge is 0.243 e. The molecule has 0 atom stereocenters. The minimum atomic E-state index is -0.130. The highest BCUT2D eigenvalue weighted by Crippen LogP contribution is 2.27. The molecule has 176 valence electrons. The molecule has 2 aromatic rings. The second-order valence-electron chi connectivity index (χ2n) is 7.33. The summed E-state index contributed by atoms with van der Waals surface area (Å²) in [6.07, 6.45) is 1.75. The maximum absolute atomic E-state index is 12.0. The Morgan fingerprint density at radius 1 is 0.875 bits per heavy atom. The van der Waals surface area contributed by atoms with Crippen LogP contribution in [0.1, 0.15) is 38.8 Å². The van der Waals surface area contributed by atoms with E-state index in [0.29, 0.717) is 0 Å². The number of hydrogen-bond donors (Lipinski definition) is 0. The van der Waals surface area contributed by atoms with E-state index in [-0.39, 0.29) is 36.3 Å². The number of nitrogens with zero attached hydrogens (tertiary/aromatic N) is 2. The molecule has 0 heterocycles. The molecule has 2 aromatic carbocycles. The summed E-state index contributed by atoms with van der Waals surface area (Å²) in [5.41, 5.74) is 4.14. The Morgan fingerprint density at radius 2 is 1.41 bits per heavy atom. The van der Waals surface area contributed by atoms with Crippen LogP contribution in [-0.2, 0) is 27.2 Å². The van der Waals surface area contributed by atoms with Gasteiger partial charge in [0.1, 0.15) is 18.5 Å². The number of hydrogen-bond acceptors (Lipinski definition) is 3. The summed E-state index contributed by atoms with van der Waals surface area (Å²) in [5.74, 6) is -0.209. The predicted octanol–water partition coefficient (Wildman–Crippen LogP) is 5.65. The molecule has 0 aliphatic heterocycles. The molecule has 2 amide bonds. The summed E-state index contributed by atoms with van der Waals surface area (Å²) < 4.78 is 5.13. The van der Waals surface area contributed by atoms with Crippen molar-refractivity contribution in [1.29, 1.82) is 0 Å². The van der Waals surface area contributed by atoms with E-state index in [2.05, 4.69) is 13.8 Å². The average Bonchev–Trinajstić information content (AvgIpc) is 2.82. The molecule has 0 aliphatic rings. The van der Waals surface area contributed by atoms with Crippen LogP contribution in [0.5, 0.6) is 0 Å². The minimum absolute atomic E-state index is 0.0209. The first-order chi connectivity index (χ1) is 15.4. The van der Waals surface area contributed by atoms with E-state index >= 15 is 0 Å². The van der Waals surface area contributed by atoms with Crippen LogP contribution in [-0.4, -0.2) is 43.5 Å². The molecule has 5 nitrogen and oxygen atoms in total. The molecule has 0 unspecified atom stereocenters. The molecule has 0 saturated carbocycles. The Kier molecular flexibility index (Phi) is 13.0. The van der Waals surface area contributed by atoms with Crippen molar-refractivity contribution in [2.24, 2.45) is 0 Å². The molecule has 0 aromatic heterocycles. The molecule has 0 aliphatic carbocycles. The fraction of sp³-hybridized carbons (Fsp3) is 0.440. The van der Waals surface area contributed by atoms with Crippen molar-refractivity contribution in [2.45, 2.75) is 46.6 Å². The summed E-state index contributed by atoms with van der Waals surface area (Å²) in [4.78, 5) is 26.8. The van der Waals surface area contributed by atoms with Gasteiger partial charge in [-0.2, -0.15) is 0 Å². The number of para-hydroxylation sites is 2. The third-order valence-electron chi connectivity index (χ3n) is 4.84. The number of anilines is 2. The van der Waals surface area contributed by atoms with Gasteiger partial charge in [0, 0.05) is 18.8 Å². The van der Waals surface area contributed by atoms with Gasteiger partial charge >= 0.3 is 0 Å². The first-order valence-electron chi connectivity index (χ1n) is 10.7. The topological polar surface area (TPSA) is 49.9 Å². The van der Waals surface area contributed by atoms with Gasteiger partial charge in [0.05, 0.1) is 5.69 Å². The summed E-state index contributed by atoms with van der Waals surface area (Å²) in [7, 11) is 1.58. The standard InChI is InChI=1S/C14H20ClNO2.C11H14ClNO/c1-4-11-7-6-8-12(5-2)14(11)16(10-18-3)13(17)9-15;1-9(2)13(11(14)8-12)10-6-4-3-5-7-10/h6-8H,4-5,9-10H2,1-3H3;3-7,9H,8H2,1-2H3. The van der Waals surface area contributed by atoms with Gasteiger partial charge in [-0.3, -0.25) is 14.5 Å². The van der Waals surface area contributed by atoms with Gasteiger partial charge in [-0.05, 0) is 49.9 Å². The highest BCUT2D eigenvalue weighted by Gasteiger charge is 2.20. The van der Waals surface area contributed by atoms with Gasteiger partial charge in [-0.1, -0.05) is 50.2 Å². The van der Waals surface area contributed by atoms with Crippen LogP contribution in [0.15, 0.2) is 48.5 Å². The maximum Gasteiger partial charge on any atom is 0.243 e. The number of methoxy groups -OCH3 is 1. The first kappa shape index (κ1) is 28.0. The van der Waals surface area contributed by atoms with E-state index in [9.17, 15) is 9.59 Å². The number of carbonyl (C=O) groups excluding carboxylic acids is 2. The number of halogens is 2. The monoisotopic (exact) mass is 480 g/mol. The van der Waals surface area contributed by atoms with Crippen LogP contribution in [0.4, 0.5) is 11.4 Å². The zero-order chi connectivity index (χ0) is 24.1. The van der Waals surface area contributed by atoms with Crippen molar-refractivity contribution in [1.82, 2.24) is 0 Å². The molecule has 0 N–H and O–H groups in total. The quantitative estimate of drug-likeness (QED) is 0.343. The SMILES string of the molecule is CC(C)N(C(=O)CCl)c1ccccc1.CCc1cccc(CC)c1N(COC)C(=O)CCl. The molecule has 0 fully saturated rings. The fourth-order valence-corrected chi connectivity index (χ4v) is 3.68. The van der Waals surface area contributed by atoms with Crippen LogP contribution in [0.25, 0.3) is 0 Å². The summed E-state index contributed by atoms with van der Waals surface area (Å²) in [6.45, 7) is 8.33. The lowest BCUT2D eigenvalue weighted by Gasteiger charge is -2.26. The zero-order valence-corrected chi connectivity index (χ0v) is 21.1. The van der Waals surface area contributed by atoms with Crippen molar-refractivity contribution in [3.05, 3.63) is 59.7 Å². The van der Waals surface area contributed by atoms with Gasteiger partial charge in [-0.25, -0.2) is 0 Å². The summed E-state index contributed by atoms with van der Waals surface area (Å²) in [6, 6.07) is 15.8. The van der Waals surface area contributed by atoms with E-state index in [1.54, 1.807) is 16.9 Å². The maximum atomic E-state index is 12.0. The first-order valence-corrected chi connectivity index (χ1v) is 11.8. The number of ether oxygens (including phenoxy) is 1. The lowest BCUT2D eigenvalue weighted by atomic mass is 10.0. The third-order valence-corrected chi connectivity index (χ3v) is 5.30. The number of carbonyl (C=O) groups is 2. The largest absolute Gasteiger partial charge is 0.364 e. The second-order valence-corrected chi connectivity index (χ2v) is 7.87. The molecule has 32 heavy (non-hydrogen) atoms. The van der Waals surface area contributed by atoms with E-state index in [1.807, 2.05) is 62.4 Å². The molecule has 0 bridgehead atoms. The van der Waals surface area contributed by atoms with Gasteiger partial charge in [0.25, 0.3) is 0 Å². The molecule has 0 radical (unpaired) electrons. The van der Waals surface area contributed by atoms with Crippen molar-refractivity contribution in [3.8, 4) is 0 Å². The second kappa shape index (κ2) is 14.9. The van der Waals surface area contributed by atoms with Crippen molar-refractivity contribution < 1.29 is 14.3 Å². The number of alkyl halides is 2. The van der Waals surface area contributed by atoms with E-state index in [1.165, 1.54) is 0 Å². The zero-order valence-electron chi connectivity index (χ0n) is 19.6. The van der Waals surface area contributed by atoms with Crippen LogP contribution in [0.2, 0.25) is 0 Å². The Bertz CT molecular complexity index is 822. The summed E-state index contributed by atoms with van der Waals surface area (Å²) >= 11 is 11.2.